The lowest BCUT2D eigenvalue weighted by Crippen LogP contribution is -2.29. The van der Waals surface area contributed by atoms with Crippen LogP contribution in [0.15, 0.2) is 18.7 Å². The highest BCUT2D eigenvalue weighted by Gasteiger charge is 2.01. The van der Waals surface area contributed by atoms with Crippen LogP contribution in [0.2, 0.25) is 0 Å². The van der Waals surface area contributed by atoms with Crippen LogP contribution in [0.3, 0.4) is 0 Å². The Labute approximate surface area is 143 Å². The molecule has 7 nitrogen and oxygen atoms in total. The maximum atomic E-state index is 11.6. The van der Waals surface area contributed by atoms with Gasteiger partial charge in [0.25, 0.3) is 0 Å². The number of carboxylic acids is 1. The monoisotopic (exact) mass is 336 g/mol. The largest absolute Gasteiger partial charge is 0.481 e. The molecule has 3 N–H and O–H groups in total. The Hall–Kier alpha value is -2.18. The fourth-order valence-corrected chi connectivity index (χ4v) is 2.38. The molecule has 1 aromatic heterocycles. The Morgan fingerprint density at radius 3 is 2.00 bits per heavy atom. The van der Waals surface area contributed by atoms with Crippen LogP contribution in [0.5, 0.6) is 0 Å². The number of unbranched alkanes of at least 4 members (excludes halogenated alkanes) is 8. The van der Waals surface area contributed by atoms with Gasteiger partial charge in [-0.15, -0.1) is 0 Å². The summed E-state index contributed by atoms with van der Waals surface area (Å²) < 4.78 is 0. The molecule has 2 amide bonds. The molecule has 1 rings (SSSR count). The fourth-order valence-electron chi connectivity index (χ4n) is 2.38. The minimum absolute atomic E-state index is 0.230. The smallest absolute Gasteiger partial charge is 0.319 e. The molecule has 0 spiro atoms. The van der Waals surface area contributed by atoms with Crippen LogP contribution in [0, 0.1) is 0 Å². The molecule has 0 fully saturated rings. The molecule has 1 heterocycles. The number of urea groups is 1. The van der Waals surface area contributed by atoms with E-state index in [-0.39, 0.29) is 12.5 Å². The highest BCUT2D eigenvalue weighted by atomic mass is 16.4. The van der Waals surface area contributed by atoms with E-state index in [0.29, 0.717) is 12.2 Å². The van der Waals surface area contributed by atoms with E-state index in [2.05, 4.69) is 20.6 Å². The van der Waals surface area contributed by atoms with Crippen molar-refractivity contribution in [3.63, 3.8) is 0 Å². The van der Waals surface area contributed by atoms with Gasteiger partial charge in [0, 0.05) is 13.0 Å². The third-order valence-electron chi connectivity index (χ3n) is 3.67. The Morgan fingerprint density at radius 2 is 1.42 bits per heavy atom. The van der Waals surface area contributed by atoms with Gasteiger partial charge in [-0.1, -0.05) is 44.9 Å². The topological polar surface area (TPSA) is 104 Å². The summed E-state index contributed by atoms with van der Waals surface area (Å²) in [6.45, 7) is 0.661. The molecular weight excluding hydrogens is 308 g/mol. The molecule has 1 aromatic rings. The van der Waals surface area contributed by atoms with E-state index in [9.17, 15) is 9.59 Å². The molecule has 0 aliphatic rings. The van der Waals surface area contributed by atoms with Gasteiger partial charge in [0.2, 0.25) is 0 Å². The second-order valence-corrected chi connectivity index (χ2v) is 5.83. The van der Waals surface area contributed by atoms with E-state index < -0.39 is 5.97 Å². The number of carbonyl (C=O) groups excluding carboxylic acids is 1. The maximum Gasteiger partial charge on any atom is 0.319 e. The number of anilines is 1. The second kappa shape index (κ2) is 13.3. The van der Waals surface area contributed by atoms with Crippen molar-refractivity contribution in [1.82, 2.24) is 15.3 Å². The minimum Gasteiger partial charge on any atom is -0.481 e. The van der Waals surface area contributed by atoms with E-state index in [1.54, 1.807) is 12.4 Å². The molecule has 0 saturated carbocycles. The standard InChI is InChI=1S/C17H28N4O3/c22-16(23)10-8-6-4-2-1-3-5-7-9-11-20-17(24)21-15-12-18-14-19-13-15/h12-14H,1-11H2,(H,22,23)(H2,20,21,24). The van der Waals surface area contributed by atoms with Gasteiger partial charge >= 0.3 is 12.0 Å². The Morgan fingerprint density at radius 1 is 0.875 bits per heavy atom. The van der Waals surface area contributed by atoms with Crippen molar-refractivity contribution in [2.24, 2.45) is 0 Å². The highest BCUT2D eigenvalue weighted by molar-refractivity contribution is 5.88. The van der Waals surface area contributed by atoms with E-state index in [1.807, 2.05) is 0 Å². The first-order chi connectivity index (χ1) is 11.7. The quantitative estimate of drug-likeness (QED) is 0.478. The zero-order valence-electron chi connectivity index (χ0n) is 14.2. The van der Waals surface area contributed by atoms with Crippen LogP contribution in [-0.2, 0) is 4.79 Å². The maximum absolute atomic E-state index is 11.6. The summed E-state index contributed by atoms with van der Waals surface area (Å²) in [5.41, 5.74) is 0.582. The molecule has 0 saturated heterocycles. The lowest BCUT2D eigenvalue weighted by Gasteiger charge is -2.06. The number of hydrogen-bond acceptors (Lipinski definition) is 4. The van der Waals surface area contributed by atoms with Gasteiger partial charge < -0.3 is 15.7 Å². The summed E-state index contributed by atoms with van der Waals surface area (Å²) in [7, 11) is 0. The van der Waals surface area contributed by atoms with Crippen molar-refractivity contribution in [1.29, 1.82) is 0 Å². The molecule has 0 bridgehead atoms. The van der Waals surface area contributed by atoms with Gasteiger partial charge in [-0.05, 0) is 12.8 Å². The first-order valence-corrected chi connectivity index (χ1v) is 8.70. The zero-order valence-corrected chi connectivity index (χ0v) is 14.2. The first kappa shape index (κ1) is 19.9. The van der Waals surface area contributed by atoms with Crippen LogP contribution in [-0.4, -0.2) is 33.6 Å². The van der Waals surface area contributed by atoms with Gasteiger partial charge in [0.05, 0.1) is 18.1 Å². The number of hydrogen-bond donors (Lipinski definition) is 3. The molecule has 0 aliphatic carbocycles. The van der Waals surface area contributed by atoms with Crippen molar-refractivity contribution in [2.45, 2.75) is 64.2 Å². The van der Waals surface area contributed by atoms with E-state index >= 15 is 0 Å². The minimum atomic E-state index is -0.700. The predicted octanol–water partition coefficient (Wildman–Crippen LogP) is 3.58. The lowest BCUT2D eigenvalue weighted by molar-refractivity contribution is -0.137. The zero-order chi connectivity index (χ0) is 17.5. The summed E-state index contributed by atoms with van der Waals surface area (Å²) in [4.78, 5) is 29.6. The molecule has 7 heteroatoms. The average Bonchev–Trinajstić information content (AvgIpc) is 2.56. The van der Waals surface area contributed by atoms with Crippen LogP contribution in [0.1, 0.15) is 64.2 Å². The van der Waals surface area contributed by atoms with Gasteiger partial charge in [-0.3, -0.25) is 4.79 Å². The molecule has 0 aromatic carbocycles. The van der Waals surface area contributed by atoms with Crippen LogP contribution in [0.25, 0.3) is 0 Å². The summed E-state index contributed by atoms with van der Waals surface area (Å²) in [6.07, 6.45) is 14.6. The molecule has 0 aliphatic heterocycles. The fraction of sp³-hybridized carbons (Fsp3) is 0.647. The molecule has 0 atom stereocenters. The number of aliphatic carboxylic acids is 1. The van der Waals surface area contributed by atoms with Crippen molar-refractivity contribution in [3.8, 4) is 0 Å². The molecular formula is C17H28N4O3. The van der Waals surface area contributed by atoms with E-state index in [4.69, 9.17) is 5.11 Å². The summed E-state index contributed by atoms with van der Waals surface area (Å²) in [6, 6.07) is -0.230. The summed E-state index contributed by atoms with van der Waals surface area (Å²) >= 11 is 0. The number of nitrogens with zero attached hydrogens (tertiary/aromatic N) is 2. The van der Waals surface area contributed by atoms with Gasteiger partial charge in [0.1, 0.15) is 6.33 Å². The van der Waals surface area contributed by atoms with Crippen molar-refractivity contribution < 1.29 is 14.7 Å². The molecule has 0 unspecified atom stereocenters. The third-order valence-corrected chi connectivity index (χ3v) is 3.67. The number of carboxylic acid groups (broad SMARTS) is 1. The summed E-state index contributed by atoms with van der Waals surface area (Å²) in [5, 5.41) is 14.0. The van der Waals surface area contributed by atoms with Crippen LogP contribution in [0.4, 0.5) is 10.5 Å². The van der Waals surface area contributed by atoms with Crippen molar-refractivity contribution in [2.75, 3.05) is 11.9 Å². The average molecular weight is 336 g/mol. The van der Waals surface area contributed by atoms with Crippen molar-refractivity contribution in [3.05, 3.63) is 18.7 Å². The molecule has 134 valence electrons. The molecule has 0 radical (unpaired) electrons. The summed E-state index contributed by atoms with van der Waals surface area (Å²) in [5.74, 6) is -0.700. The number of nitrogens with one attached hydrogen (secondary N) is 2. The Bertz CT molecular complexity index is 468. The first-order valence-electron chi connectivity index (χ1n) is 8.70. The highest BCUT2D eigenvalue weighted by Crippen LogP contribution is 2.10. The van der Waals surface area contributed by atoms with Gasteiger partial charge in [-0.25, -0.2) is 14.8 Å². The van der Waals surface area contributed by atoms with Crippen LogP contribution >= 0.6 is 0 Å². The van der Waals surface area contributed by atoms with Gasteiger partial charge in [-0.2, -0.15) is 0 Å². The number of aromatic nitrogens is 2. The lowest BCUT2D eigenvalue weighted by atomic mass is 10.1. The van der Waals surface area contributed by atoms with Crippen molar-refractivity contribution >= 4 is 17.7 Å². The third kappa shape index (κ3) is 11.4. The SMILES string of the molecule is O=C(O)CCCCCCCCCCCNC(=O)Nc1cncnc1. The predicted molar refractivity (Wildman–Crippen MR) is 92.9 cm³/mol. The Kier molecular flexibility index (Phi) is 11.0. The normalized spacial score (nSPS) is 10.3. The van der Waals surface area contributed by atoms with E-state index in [1.165, 1.54) is 32.0 Å². The molecule has 24 heavy (non-hydrogen) atoms. The van der Waals surface area contributed by atoms with Gasteiger partial charge in [0.15, 0.2) is 0 Å². The number of amides is 2. The number of carbonyl (C=O) groups is 2. The second-order valence-electron chi connectivity index (χ2n) is 5.83. The van der Waals surface area contributed by atoms with E-state index in [0.717, 1.165) is 32.1 Å². The number of rotatable bonds is 13. The Balaban J connectivity index is 1.83. The van der Waals surface area contributed by atoms with Crippen LogP contribution < -0.4 is 10.6 Å².